The number of carbonyl (C=O) groups excluding carboxylic acids is 1. The number of benzene rings is 1. The van der Waals surface area contributed by atoms with Crippen molar-refractivity contribution in [1.82, 2.24) is 5.32 Å². The minimum absolute atomic E-state index is 0.0324. The Balaban J connectivity index is 1.94. The molecule has 2 N–H and O–H groups in total. The van der Waals surface area contributed by atoms with E-state index in [0.29, 0.717) is 11.7 Å². The number of halogens is 1. The lowest BCUT2D eigenvalue weighted by molar-refractivity contribution is -0.120. The molecule has 0 aromatic heterocycles. The smallest absolute Gasteiger partial charge is 0.227 e. The number of hydrogen-bond donors (Lipinski definition) is 2. The predicted octanol–water partition coefficient (Wildman–Crippen LogP) is 2.15. The molecule has 2 rings (SSSR count). The van der Waals surface area contributed by atoms with Crippen molar-refractivity contribution in [1.29, 1.82) is 0 Å². The molecular formula is C13H17FN2O. The molecule has 1 aromatic rings. The van der Waals surface area contributed by atoms with Gasteiger partial charge in [0.05, 0.1) is 0 Å². The topological polar surface area (TPSA) is 41.1 Å². The first kappa shape index (κ1) is 12.0. The van der Waals surface area contributed by atoms with E-state index in [1.54, 1.807) is 12.1 Å². The SMILES string of the molecule is C[C@H]1C[C@@H](C(=O)Nc2ccc(F)cc2)CCN1. The fourth-order valence-electron chi connectivity index (χ4n) is 2.15. The highest BCUT2D eigenvalue weighted by atomic mass is 19.1. The summed E-state index contributed by atoms with van der Waals surface area (Å²) in [5, 5.41) is 6.13. The molecule has 1 aliphatic rings. The Morgan fingerprint density at radius 2 is 2.12 bits per heavy atom. The number of anilines is 1. The zero-order chi connectivity index (χ0) is 12.3. The van der Waals surface area contributed by atoms with Crippen molar-refractivity contribution in [3.05, 3.63) is 30.1 Å². The second-order valence-corrected chi connectivity index (χ2v) is 4.57. The molecule has 0 unspecified atom stereocenters. The monoisotopic (exact) mass is 236 g/mol. The average Bonchev–Trinajstić information content (AvgIpc) is 2.32. The maximum Gasteiger partial charge on any atom is 0.227 e. The van der Waals surface area contributed by atoms with E-state index in [1.165, 1.54) is 12.1 Å². The van der Waals surface area contributed by atoms with Crippen molar-refractivity contribution in [3.63, 3.8) is 0 Å². The molecule has 0 aliphatic carbocycles. The van der Waals surface area contributed by atoms with Crippen LogP contribution in [0, 0.1) is 11.7 Å². The van der Waals surface area contributed by atoms with Crippen LogP contribution in [0.5, 0.6) is 0 Å². The fourth-order valence-corrected chi connectivity index (χ4v) is 2.15. The van der Waals surface area contributed by atoms with Crippen molar-refractivity contribution in [2.24, 2.45) is 5.92 Å². The van der Waals surface area contributed by atoms with Gasteiger partial charge in [-0.2, -0.15) is 0 Å². The highest BCUT2D eigenvalue weighted by Crippen LogP contribution is 2.18. The lowest BCUT2D eigenvalue weighted by Crippen LogP contribution is -2.40. The maximum atomic E-state index is 12.7. The van der Waals surface area contributed by atoms with Gasteiger partial charge in [0.1, 0.15) is 5.82 Å². The zero-order valence-corrected chi connectivity index (χ0v) is 9.87. The van der Waals surface area contributed by atoms with Gasteiger partial charge < -0.3 is 10.6 Å². The third kappa shape index (κ3) is 3.27. The minimum atomic E-state index is -0.293. The van der Waals surface area contributed by atoms with Crippen LogP contribution in [-0.4, -0.2) is 18.5 Å². The number of rotatable bonds is 2. The molecular weight excluding hydrogens is 219 g/mol. The first-order chi connectivity index (χ1) is 8.15. The summed E-state index contributed by atoms with van der Waals surface area (Å²) in [6.45, 7) is 2.96. The summed E-state index contributed by atoms with van der Waals surface area (Å²) >= 11 is 0. The van der Waals surface area contributed by atoms with Crippen molar-refractivity contribution >= 4 is 11.6 Å². The molecule has 4 heteroatoms. The van der Waals surface area contributed by atoms with Crippen molar-refractivity contribution in [3.8, 4) is 0 Å². The zero-order valence-electron chi connectivity index (χ0n) is 9.87. The van der Waals surface area contributed by atoms with Crippen LogP contribution >= 0.6 is 0 Å². The number of piperidine rings is 1. The fraction of sp³-hybridized carbons (Fsp3) is 0.462. The van der Waals surface area contributed by atoms with Crippen LogP contribution in [0.4, 0.5) is 10.1 Å². The van der Waals surface area contributed by atoms with Gasteiger partial charge in [-0.1, -0.05) is 0 Å². The van der Waals surface area contributed by atoms with Gasteiger partial charge in [-0.25, -0.2) is 4.39 Å². The first-order valence-electron chi connectivity index (χ1n) is 5.95. The number of hydrogen-bond acceptors (Lipinski definition) is 2. The second kappa shape index (κ2) is 5.27. The van der Waals surface area contributed by atoms with E-state index in [9.17, 15) is 9.18 Å². The van der Waals surface area contributed by atoms with E-state index in [1.807, 2.05) is 0 Å². The number of carbonyl (C=O) groups is 1. The van der Waals surface area contributed by atoms with Gasteiger partial charge in [0.25, 0.3) is 0 Å². The molecule has 1 amide bonds. The van der Waals surface area contributed by atoms with E-state index in [-0.39, 0.29) is 17.6 Å². The molecule has 1 aromatic carbocycles. The second-order valence-electron chi connectivity index (χ2n) is 4.57. The van der Waals surface area contributed by atoms with E-state index >= 15 is 0 Å². The minimum Gasteiger partial charge on any atom is -0.326 e. The molecule has 0 saturated carbocycles. The van der Waals surface area contributed by atoms with Crippen LogP contribution in [0.2, 0.25) is 0 Å². The molecule has 3 nitrogen and oxygen atoms in total. The van der Waals surface area contributed by atoms with Gasteiger partial charge in [0.2, 0.25) is 5.91 Å². The molecule has 0 bridgehead atoms. The van der Waals surface area contributed by atoms with Crippen LogP contribution in [0.1, 0.15) is 19.8 Å². The molecule has 1 heterocycles. The van der Waals surface area contributed by atoms with Crippen molar-refractivity contribution in [2.45, 2.75) is 25.8 Å². The van der Waals surface area contributed by atoms with Gasteiger partial charge >= 0.3 is 0 Å². The van der Waals surface area contributed by atoms with Gasteiger partial charge in [-0.15, -0.1) is 0 Å². The maximum absolute atomic E-state index is 12.7. The Kier molecular flexibility index (Phi) is 3.74. The Labute approximate surface area is 100 Å². The van der Waals surface area contributed by atoms with Crippen molar-refractivity contribution < 1.29 is 9.18 Å². The molecule has 0 radical (unpaired) electrons. The number of amides is 1. The Hall–Kier alpha value is -1.42. The van der Waals surface area contributed by atoms with Crippen molar-refractivity contribution in [2.75, 3.05) is 11.9 Å². The van der Waals surface area contributed by atoms with Crippen LogP contribution in [0.15, 0.2) is 24.3 Å². The summed E-state index contributed by atoms with van der Waals surface area (Å²) in [7, 11) is 0. The summed E-state index contributed by atoms with van der Waals surface area (Å²) < 4.78 is 12.7. The molecule has 17 heavy (non-hydrogen) atoms. The van der Waals surface area contributed by atoms with Gasteiger partial charge in [-0.3, -0.25) is 4.79 Å². The summed E-state index contributed by atoms with van der Waals surface area (Å²) in [6, 6.07) is 6.24. The summed E-state index contributed by atoms with van der Waals surface area (Å²) in [6.07, 6.45) is 1.71. The van der Waals surface area contributed by atoms with Gasteiger partial charge in [-0.05, 0) is 50.6 Å². The molecule has 92 valence electrons. The molecule has 1 aliphatic heterocycles. The Morgan fingerprint density at radius 1 is 1.41 bits per heavy atom. The van der Waals surface area contributed by atoms with Gasteiger partial charge in [0, 0.05) is 17.6 Å². The van der Waals surface area contributed by atoms with E-state index in [0.717, 1.165) is 19.4 Å². The lowest BCUT2D eigenvalue weighted by atomic mass is 9.92. The normalized spacial score (nSPS) is 24.4. The first-order valence-corrected chi connectivity index (χ1v) is 5.95. The predicted molar refractivity (Wildman–Crippen MR) is 65.2 cm³/mol. The standard InChI is InChI=1S/C13H17FN2O/c1-9-8-10(6-7-15-9)13(17)16-12-4-2-11(14)3-5-12/h2-5,9-10,15H,6-8H2,1H3,(H,16,17)/t9-,10-/m0/s1. The average molecular weight is 236 g/mol. The Bertz CT molecular complexity index is 391. The van der Waals surface area contributed by atoms with Crippen LogP contribution in [0.25, 0.3) is 0 Å². The third-order valence-electron chi connectivity index (χ3n) is 3.11. The van der Waals surface area contributed by atoms with Gasteiger partial charge in [0.15, 0.2) is 0 Å². The largest absolute Gasteiger partial charge is 0.326 e. The molecule has 1 saturated heterocycles. The lowest BCUT2D eigenvalue weighted by Gasteiger charge is -2.27. The highest BCUT2D eigenvalue weighted by molar-refractivity contribution is 5.92. The number of nitrogens with one attached hydrogen (secondary N) is 2. The highest BCUT2D eigenvalue weighted by Gasteiger charge is 2.24. The molecule has 0 spiro atoms. The van der Waals surface area contributed by atoms with Crippen LogP contribution in [-0.2, 0) is 4.79 Å². The van der Waals surface area contributed by atoms with E-state index in [2.05, 4.69) is 17.6 Å². The summed E-state index contributed by atoms with van der Waals surface area (Å²) in [5.74, 6) is -0.209. The van der Waals surface area contributed by atoms with Crippen LogP contribution < -0.4 is 10.6 Å². The van der Waals surface area contributed by atoms with Crippen LogP contribution in [0.3, 0.4) is 0 Å². The molecule has 2 atom stereocenters. The summed E-state index contributed by atoms with van der Waals surface area (Å²) in [5.41, 5.74) is 0.655. The quantitative estimate of drug-likeness (QED) is 0.826. The molecule has 1 fully saturated rings. The van der Waals surface area contributed by atoms with E-state index < -0.39 is 0 Å². The summed E-state index contributed by atoms with van der Waals surface area (Å²) in [4.78, 5) is 12.0. The van der Waals surface area contributed by atoms with E-state index in [4.69, 9.17) is 0 Å². The Morgan fingerprint density at radius 3 is 2.76 bits per heavy atom. The third-order valence-corrected chi connectivity index (χ3v) is 3.11.